The fourth-order valence-electron chi connectivity index (χ4n) is 3.01. The minimum atomic E-state index is 1.09. The molecular formula is C18H12. The number of hydrogen-bond donors (Lipinski definition) is 0. The SMILES string of the molecule is C=c1cc2cccc3c(=C)cc4cccc1c4c23. The van der Waals surface area contributed by atoms with Gasteiger partial charge in [-0.2, -0.15) is 0 Å². The lowest BCUT2D eigenvalue weighted by molar-refractivity contribution is 1.71. The summed E-state index contributed by atoms with van der Waals surface area (Å²) in [6, 6.07) is 17.1. The van der Waals surface area contributed by atoms with E-state index in [0.29, 0.717) is 0 Å². The second-order valence-electron chi connectivity index (χ2n) is 4.88. The smallest absolute Gasteiger partial charge is 0.00206 e. The third kappa shape index (κ3) is 1.05. The monoisotopic (exact) mass is 228 g/mol. The first-order valence-electron chi connectivity index (χ1n) is 6.10. The van der Waals surface area contributed by atoms with Gasteiger partial charge in [-0.05, 0) is 54.9 Å². The molecule has 0 amide bonds. The molecule has 0 aliphatic heterocycles. The van der Waals surface area contributed by atoms with Crippen LogP contribution in [-0.2, 0) is 0 Å². The van der Waals surface area contributed by atoms with Crippen LogP contribution in [0, 0.1) is 0 Å². The van der Waals surface area contributed by atoms with Gasteiger partial charge in [0.2, 0.25) is 0 Å². The van der Waals surface area contributed by atoms with E-state index < -0.39 is 0 Å². The Morgan fingerprint density at radius 2 is 1.06 bits per heavy atom. The summed E-state index contributed by atoms with van der Waals surface area (Å²) in [7, 11) is 0. The van der Waals surface area contributed by atoms with Gasteiger partial charge in [-0.1, -0.05) is 49.6 Å². The van der Waals surface area contributed by atoms with Crippen LogP contribution in [-0.4, -0.2) is 0 Å². The van der Waals surface area contributed by atoms with Crippen molar-refractivity contribution < 1.29 is 0 Å². The molecule has 4 aromatic carbocycles. The molecule has 0 atom stereocenters. The van der Waals surface area contributed by atoms with Crippen molar-refractivity contribution in [1.29, 1.82) is 0 Å². The second-order valence-corrected chi connectivity index (χ2v) is 4.88. The van der Waals surface area contributed by atoms with Crippen LogP contribution >= 0.6 is 0 Å². The van der Waals surface area contributed by atoms with E-state index in [0.717, 1.165) is 10.4 Å². The topological polar surface area (TPSA) is 0 Å². The summed E-state index contributed by atoms with van der Waals surface area (Å²) in [6.45, 7) is 8.35. The van der Waals surface area contributed by atoms with E-state index in [2.05, 4.69) is 61.7 Å². The molecule has 4 rings (SSSR count). The van der Waals surface area contributed by atoms with Gasteiger partial charge in [0.05, 0.1) is 0 Å². The summed E-state index contributed by atoms with van der Waals surface area (Å²) in [5.41, 5.74) is 0. The summed E-state index contributed by atoms with van der Waals surface area (Å²) < 4.78 is 0. The van der Waals surface area contributed by atoms with Crippen molar-refractivity contribution in [3.05, 3.63) is 59.0 Å². The molecule has 0 N–H and O–H groups in total. The molecule has 0 spiro atoms. The van der Waals surface area contributed by atoms with E-state index in [1.54, 1.807) is 0 Å². The summed E-state index contributed by atoms with van der Waals surface area (Å²) in [5.74, 6) is 0. The van der Waals surface area contributed by atoms with Crippen molar-refractivity contribution in [2.75, 3.05) is 0 Å². The van der Waals surface area contributed by atoms with Gasteiger partial charge in [0, 0.05) is 0 Å². The summed E-state index contributed by atoms with van der Waals surface area (Å²) in [4.78, 5) is 0. The molecule has 0 radical (unpaired) electrons. The fraction of sp³-hybridized carbons (Fsp3) is 0. The molecule has 4 aromatic rings. The zero-order valence-corrected chi connectivity index (χ0v) is 10.0. The molecule has 0 aromatic heterocycles. The maximum absolute atomic E-state index is 4.18. The highest BCUT2D eigenvalue weighted by molar-refractivity contribution is 6.23. The van der Waals surface area contributed by atoms with E-state index in [9.17, 15) is 0 Å². The van der Waals surface area contributed by atoms with Crippen LogP contribution in [0.25, 0.3) is 45.5 Å². The second kappa shape index (κ2) is 3.11. The summed E-state index contributed by atoms with van der Waals surface area (Å²) in [6.07, 6.45) is 0. The number of hydrogen-bond acceptors (Lipinski definition) is 0. The maximum atomic E-state index is 4.18. The van der Waals surface area contributed by atoms with Gasteiger partial charge in [0.1, 0.15) is 0 Å². The van der Waals surface area contributed by atoms with Gasteiger partial charge < -0.3 is 0 Å². The molecular weight excluding hydrogens is 216 g/mol. The van der Waals surface area contributed by atoms with Crippen LogP contribution in [0.3, 0.4) is 0 Å². The van der Waals surface area contributed by atoms with Crippen LogP contribution in [0.5, 0.6) is 0 Å². The van der Waals surface area contributed by atoms with E-state index in [1.165, 1.54) is 32.3 Å². The minimum Gasteiger partial charge on any atom is -0.0911 e. The van der Waals surface area contributed by atoms with Crippen molar-refractivity contribution in [2.45, 2.75) is 0 Å². The molecule has 0 heteroatoms. The lowest BCUT2D eigenvalue weighted by Gasteiger charge is -2.11. The third-order valence-corrected chi connectivity index (χ3v) is 3.79. The van der Waals surface area contributed by atoms with Crippen molar-refractivity contribution in [3.63, 3.8) is 0 Å². The van der Waals surface area contributed by atoms with Crippen molar-refractivity contribution in [2.24, 2.45) is 0 Å². The van der Waals surface area contributed by atoms with E-state index >= 15 is 0 Å². The molecule has 0 saturated heterocycles. The molecule has 0 aliphatic rings. The maximum Gasteiger partial charge on any atom is -0.00206 e. The summed E-state index contributed by atoms with van der Waals surface area (Å²) in [5, 5.41) is 9.84. The molecule has 18 heavy (non-hydrogen) atoms. The van der Waals surface area contributed by atoms with Gasteiger partial charge in [-0.3, -0.25) is 0 Å². The van der Waals surface area contributed by atoms with Crippen LogP contribution < -0.4 is 10.4 Å². The van der Waals surface area contributed by atoms with Crippen LogP contribution in [0.1, 0.15) is 0 Å². The molecule has 0 bridgehead atoms. The zero-order valence-electron chi connectivity index (χ0n) is 10.0. The van der Waals surface area contributed by atoms with E-state index in [1.807, 2.05) is 0 Å². The third-order valence-electron chi connectivity index (χ3n) is 3.79. The largest absolute Gasteiger partial charge is 0.0911 e. The summed E-state index contributed by atoms with van der Waals surface area (Å²) >= 11 is 0. The van der Waals surface area contributed by atoms with Gasteiger partial charge in [-0.15, -0.1) is 0 Å². The highest BCUT2D eigenvalue weighted by Crippen LogP contribution is 2.30. The highest BCUT2D eigenvalue weighted by atomic mass is 14.1. The first-order chi connectivity index (χ1) is 8.75. The average Bonchev–Trinajstić information content (AvgIpc) is 2.38. The first kappa shape index (κ1) is 9.67. The van der Waals surface area contributed by atoms with Gasteiger partial charge in [0.15, 0.2) is 0 Å². The average molecular weight is 228 g/mol. The van der Waals surface area contributed by atoms with Crippen LogP contribution in [0.15, 0.2) is 48.5 Å². The van der Waals surface area contributed by atoms with Crippen molar-refractivity contribution in [3.8, 4) is 0 Å². The Bertz CT molecular complexity index is 909. The van der Waals surface area contributed by atoms with Gasteiger partial charge in [0.25, 0.3) is 0 Å². The standard InChI is InChI=1S/C18H12/c1-11-9-13-5-4-8-16-12(2)10-14-6-3-7-15(11)17(14)18(13)16/h3-10H,1-2H2. The molecule has 0 nitrogen and oxygen atoms in total. The predicted octanol–water partition coefficient (Wildman–Crippen LogP) is 3.40. The number of benzene rings is 4. The van der Waals surface area contributed by atoms with Gasteiger partial charge in [-0.25, -0.2) is 0 Å². The Balaban J connectivity index is 2.60. The molecule has 84 valence electrons. The van der Waals surface area contributed by atoms with Crippen molar-refractivity contribution >= 4 is 45.5 Å². The molecule has 0 heterocycles. The quantitative estimate of drug-likeness (QED) is 0.405. The zero-order chi connectivity index (χ0) is 12.3. The molecule has 0 fully saturated rings. The van der Waals surface area contributed by atoms with Gasteiger partial charge >= 0.3 is 0 Å². The predicted molar refractivity (Wildman–Crippen MR) is 80.4 cm³/mol. The lowest BCUT2D eigenvalue weighted by Crippen LogP contribution is -2.05. The molecule has 0 aliphatic carbocycles. The lowest BCUT2D eigenvalue weighted by atomic mass is 9.92. The normalized spacial score (nSPS) is 11.8. The Labute approximate surface area is 105 Å². The fourth-order valence-corrected chi connectivity index (χ4v) is 3.01. The van der Waals surface area contributed by atoms with E-state index in [4.69, 9.17) is 0 Å². The first-order valence-corrected chi connectivity index (χ1v) is 6.10. The molecule has 0 unspecified atom stereocenters. The number of rotatable bonds is 0. The Morgan fingerprint density at radius 3 is 1.50 bits per heavy atom. The molecule has 0 saturated carbocycles. The van der Waals surface area contributed by atoms with Crippen LogP contribution in [0.2, 0.25) is 0 Å². The minimum absolute atomic E-state index is 1.09. The Kier molecular flexibility index (Phi) is 1.67. The van der Waals surface area contributed by atoms with Crippen molar-refractivity contribution in [1.82, 2.24) is 0 Å². The Hall–Kier alpha value is -2.34. The van der Waals surface area contributed by atoms with E-state index in [-0.39, 0.29) is 0 Å². The van der Waals surface area contributed by atoms with Crippen LogP contribution in [0.4, 0.5) is 0 Å². The highest BCUT2D eigenvalue weighted by Gasteiger charge is 2.08. The Morgan fingerprint density at radius 1 is 0.611 bits per heavy atom.